The van der Waals surface area contributed by atoms with Crippen molar-refractivity contribution in [3.63, 3.8) is 0 Å². The lowest BCUT2D eigenvalue weighted by molar-refractivity contribution is -0.141. The Labute approximate surface area is 261 Å². The van der Waals surface area contributed by atoms with Crippen LogP contribution >= 0.6 is 0 Å². The number of nitrogens with one attached hydrogen (secondary N) is 5. The summed E-state index contributed by atoms with van der Waals surface area (Å²) in [4.78, 5) is 69.2. The van der Waals surface area contributed by atoms with Gasteiger partial charge in [0.15, 0.2) is 0 Å². The molecular formula is C34H40FN5O5. The first-order valence-electron chi connectivity index (χ1n) is 15.8. The Kier molecular flexibility index (Phi) is 10.6. The van der Waals surface area contributed by atoms with Crippen molar-refractivity contribution in [1.29, 1.82) is 0 Å². The van der Waals surface area contributed by atoms with Crippen molar-refractivity contribution in [2.45, 2.75) is 76.4 Å². The monoisotopic (exact) mass is 617 g/mol. The summed E-state index contributed by atoms with van der Waals surface area (Å²) in [5.74, 6) is -3.87. The maximum absolute atomic E-state index is 13.9. The van der Waals surface area contributed by atoms with E-state index >= 15 is 0 Å². The second-order valence-electron chi connectivity index (χ2n) is 12.1. The van der Waals surface area contributed by atoms with Gasteiger partial charge in [0.05, 0.1) is 6.04 Å². The number of fused-ring (bicyclic) bond motifs is 1. The molecular weight excluding hydrogens is 577 g/mol. The molecule has 0 spiro atoms. The van der Waals surface area contributed by atoms with Crippen molar-refractivity contribution < 1.29 is 28.4 Å². The van der Waals surface area contributed by atoms with Crippen LogP contribution in [0.3, 0.4) is 0 Å². The van der Waals surface area contributed by atoms with Gasteiger partial charge < -0.3 is 26.3 Å². The highest BCUT2D eigenvalue weighted by Gasteiger charge is 2.35. The molecule has 0 bridgehead atoms. The number of ketones is 1. The van der Waals surface area contributed by atoms with E-state index in [-0.39, 0.29) is 30.5 Å². The quantitative estimate of drug-likeness (QED) is 0.197. The van der Waals surface area contributed by atoms with E-state index in [1.807, 2.05) is 30.3 Å². The molecule has 5 N–H and O–H groups in total. The van der Waals surface area contributed by atoms with Crippen LogP contribution in [-0.4, -0.2) is 53.0 Å². The maximum atomic E-state index is 13.9. The second kappa shape index (κ2) is 15.0. The third-order valence-corrected chi connectivity index (χ3v) is 8.82. The van der Waals surface area contributed by atoms with Crippen molar-refractivity contribution in [2.24, 2.45) is 11.8 Å². The van der Waals surface area contributed by atoms with E-state index in [0.29, 0.717) is 30.3 Å². The summed E-state index contributed by atoms with van der Waals surface area (Å²) < 4.78 is 13.7. The van der Waals surface area contributed by atoms with E-state index in [0.717, 1.165) is 44.1 Å². The number of benzene rings is 2. The number of Topliss-reactive ketones (excluding diaryl/α,β-unsaturated/α-hetero) is 1. The number of aromatic nitrogens is 1. The Hall–Kier alpha value is -4.54. The van der Waals surface area contributed by atoms with E-state index in [9.17, 15) is 28.4 Å². The summed E-state index contributed by atoms with van der Waals surface area (Å²) in [5.41, 5.74) is 1.43. The van der Waals surface area contributed by atoms with Gasteiger partial charge in [-0.3, -0.25) is 24.0 Å². The highest BCUT2D eigenvalue weighted by Crippen LogP contribution is 2.28. The first kappa shape index (κ1) is 31.9. The third kappa shape index (κ3) is 8.55. The molecule has 10 nitrogen and oxygen atoms in total. The molecule has 11 heteroatoms. The fourth-order valence-corrected chi connectivity index (χ4v) is 6.32. The molecule has 1 aliphatic carbocycles. The Bertz CT molecular complexity index is 1530. The first-order valence-corrected chi connectivity index (χ1v) is 15.8. The van der Waals surface area contributed by atoms with Gasteiger partial charge in [-0.25, -0.2) is 4.39 Å². The van der Waals surface area contributed by atoms with Gasteiger partial charge in [-0.2, -0.15) is 0 Å². The molecule has 0 radical (unpaired) electrons. The van der Waals surface area contributed by atoms with Crippen LogP contribution < -0.4 is 21.3 Å². The van der Waals surface area contributed by atoms with E-state index in [4.69, 9.17) is 0 Å². The number of hydrogen-bond donors (Lipinski definition) is 5. The molecule has 3 atom stereocenters. The number of carbonyl (C=O) groups is 5. The number of halogens is 1. The predicted octanol–water partition coefficient (Wildman–Crippen LogP) is 3.66. The molecule has 2 aromatic carbocycles. The summed E-state index contributed by atoms with van der Waals surface area (Å²) in [6.07, 6.45) is 6.57. The van der Waals surface area contributed by atoms with Gasteiger partial charge in [-0.1, -0.05) is 62.4 Å². The zero-order valence-electron chi connectivity index (χ0n) is 25.2. The molecule has 4 amide bonds. The molecule has 45 heavy (non-hydrogen) atoms. The average Bonchev–Trinajstić information content (AvgIpc) is 3.48. The molecule has 1 saturated heterocycles. The van der Waals surface area contributed by atoms with Crippen molar-refractivity contribution in [3.05, 3.63) is 71.7 Å². The molecule has 1 aromatic heterocycles. The number of H-pyrrole nitrogens is 1. The SMILES string of the molecule is O=C(NCc1ccccc1)C(=O)[C@H](C[C@@H]1CCCNC1=O)NC(=O)[C@H](CC1CCCCC1)NC(=O)c1cc2ccc(F)cc2[nH]1. The fourth-order valence-electron chi connectivity index (χ4n) is 6.32. The zero-order chi connectivity index (χ0) is 31.8. The van der Waals surface area contributed by atoms with Crippen LogP contribution in [0.25, 0.3) is 10.9 Å². The topological polar surface area (TPSA) is 149 Å². The van der Waals surface area contributed by atoms with Crippen LogP contribution in [0.5, 0.6) is 0 Å². The minimum Gasteiger partial charge on any atom is -0.356 e. The molecule has 2 fully saturated rings. The van der Waals surface area contributed by atoms with Gasteiger partial charge in [-0.05, 0) is 61.4 Å². The lowest BCUT2D eigenvalue weighted by Crippen LogP contribution is -2.55. The first-order chi connectivity index (χ1) is 21.8. The number of amides is 4. The summed E-state index contributed by atoms with van der Waals surface area (Å²) in [6.45, 7) is 0.665. The maximum Gasteiger partial charge on any atom is 0.289 e. The molecule has 2 aliphatic rings. The average molecular weight is 618 g/mol. The van der Waals surface area contributed by atoms with Crippen LogP contribution in [0, 0.1) is 17.7 Å². The van der Waals surface area contributed by atoms with Gasteiger partial charge in [0, 0.05) is 29.9 Å². The lowest BCUT2D eigenvalue weighted by atomic mass is 9.84. The Morgan fingerprint density at radius 3 is 2.40 bits per heavy atom. The molecule has 2 heterocycles. The fraction of sp³-hybridized carbons (Fsp3) is 0.441. The summed E-state index contributed by atoms with van der Waals surface area (Å²) in [6, 6.07) is 12.6. The summed E-state index contributed by atoms with van der Waals surface area (Å²) in [5, 5.41) is 11.6. The summed E-state index contributed by atoms with van der Waals surface area (Å²) >= 11 is 0. The van der Waals surface area contributed by atoms with Crippen molar-refractivity contribution in [2.75, 3.05) is 6.54 Å². The van der Waals surface area contributed by atoms with Gasteiger partial charge in [0.25, 0.3) is 11.8 Å². The van der Waals surface area contributed by atoms with E-state index in [2.05, 4.69) is 26.3 Å². The number of hydrogen-bond acceptors (Lipinski definition) is 5. The minimum atomic E-state index is -1.26. The van der Waals surface area contributed by atoms with Crippen molar-refractivity contribution >= 4 is 40.3 Å². The Morgan fingerprint density at radius 1 is 0.867 bits per heavy atom. The van der Waals surface area contributed by atoms with Crippen LogP contribution in [0.2, 0.25) is 0 Å². The second-order valence-corrected chi connectivity index (χ2v) is 12.1. The van der Waals surface area contributed by atoms with Gasteiger partial charge in [-0.15, -0.1) is 0 Å². The van der Waals surface area contributed by atoms with E-state index < -0.39 is 47.3 Å². The highest BCUT2D eigenvalue weighted by atomic mass is 19.1. The van der Waals surface area contributed by atoms with Gasteiger partial charge in [0.1, 0.15) is 17.6 Å². The number of rotatable bonds is 12. The van der Waals surface area contributed by atoms with Crippen LogP contribution in [0.15, 0.2) is 54.6 Å². The smallest absolute Gasteiger partial charge is 0.289 e. The van der Waals surface area contributed by atoms with Gasteiger partial charge in [0.2, 0.25) is 17.6 Å². The Balaban J connectivity index is 1.33. The largest absolute Gasteiger partial charge is 0.356 e. The molecule has 1 aliphatic heterocycles. The normalized spacial score (nSPS) is 18.4. The van der Waals surface area contributed by atoms with Crippen LogP contribution in [0.1, 0.15) is 73.8 Å². The van der Waals surface area contributed by atoms with E-state index in [1.165, 1.54) is 12.1 Å². The van der Waals surface area contributed by atoms with Gasteiger partial charge >= 0.3 is 0 Å². The standard InChI is InChI=1S/C34H40FN5O5/c35-25-14-13-23-17-29(38-26(23)19-25)33(44)40-28(16-21-8-3-1-4-9-21)32(43)39-27(18-24-12-7-15-36-31(24)42)30(41)34(45)37-20-22-10-5-2-6-11-22/h2,5-6,10-11,13-14,17,19,21,24,27-28,38H,1,3-4,7-9,12,15-16,18,20H2,(H,36,42)(H,37,45)(H,39,43)(H,40,44)/t24-,27-,28-/m0/s1. The third-order valence-electron chi connectivity index (χ3n) is 8.82. The van der Waals surface area contributed by atoms with Crippen molar-refractivity contribution in [1.82, 2.24) is 26.3 Å². The summed E-state index contributed by atoms with van der Waals surface area (Å²) in [7, 11) is 0. The van der Waals surface area contributed by atoms with Crippen LogP contribution in [0.4, 0.5) is 4.39 Å². The van der Waals surface area contributed by atoms with Crippen LogP contribution in [-0.2, 0) is 25.7 Å². The Morgan fingerprint density at radius 2 is 1.64 bits per heavy atom. The molecule has 238 valence electrons. The zero-order valence-corrected chi connectivity index (χ0v) is 25.2. The highest BCUT2D eigenvalue weighted by molar-refractivity contribution is 6.38. The number of aromatic amines is 1. The predicted molar refractivity (Wildman–Crippen MR) is 166 cm³/mol. The number of carbonyl (C=O) groups excluding carboxylic acids is 5. The van der Waals surface area contributed by atoms with E-state index in [1.54, 1.807) is 12.1 Å². The van der Waals surface area contributed by atoms with Crippen molar-refractivity contribution in [3.8, 4) is 0 Å². The molecule has 3 aromatic rings. The number of piperidine rings is 1. The molecule has 5 rings (SSSR count). The minimum absolute atomic E-state index is 0.0349. The molecule has 1 saturated carbocycles. The molecule has 0 unspecified atom stereocenters. The lowest BCUT2D eigenvalue weighted by Gasteiger charge is -2.29.